The van der Waals surface area contributed by atoms with Crippen LogP contribution in [0.15, 0.2) is 24.3 Å². The molecule has 1 aromatic carbocycles. The average molecular weight is 248 g/mol. The molecule has 1 atom stereocenters. The topological polar surface area (TPSA) is 24.5 Å². The fourth-order valence-electron chi connectivity index (χ4n) is 2.45. The number of hydrogen-bond donors (Lipinski definition) is 1. The predicted molar refractivity (Wildman–Crippen MR) is 74.9 cm³/mol. The van der Waals surface area contributed by atoms with Crippen molar-refractivity contribution >= 4 is 0 Å². The van der Waals surface area contributed by atoms with Gasteiger partial charge < -0.3 is 10.1 Å². The first-order valence-corrected chi connectivity index (χ1v) is 6.62. The summed E-state index contributed by atoms with van der Waals surface area (Å²) in [5.74, 6) is 0.924. The number of methoxy groups -OCH3 is 1. The third-order valence-corrected chi connectivity index (χ3v) is 3.64. The van der Waals surface area contributed by atoms with Gasteiger partial charge in [0.25, 0.3) is 0 Å². The van der Waals surface area contributed by atoms with Crippen LogP contribution in [-0.4, -0.2) is 36.7 Å². The molecule has 0 saturated carbocycles. The molecular weight excluding hydrogens is 224 g/mol. The first-order valence-electron chi connectivity index (χ1n) is 6.62. The summed E-state index contributed by atoms with van der Waals surface area (Å²) in [6.07, 6.45) is 0. The van der Waals surface area contributed by atoms with E-state index >= 15 is 0 Å². The Morgan fingerprint density at radius 2 is 2.00 bits per heavy atom. The summed E-state index contributed by atoms with van der Waals surface area (Å²) in [7, 11) is 1.70. The maximum atomic E-state index is 5.19. The largest absolute Gasteiger partial charge is 0.497 e. The molecule has 3 nitrogen and oxygen atoms in total. The Bertz CT molecular complexity index is 386. The van der Waals surface area contributed by atoms with Crippen LogP contribution in [0.2, 0.25) is 0 Å². The highest BCUT2D eigenvalue weighted by Crippen LogP contribution is 2.19. The van der Waals surface area contributed by atoms with E-state index in [9.17, 15) is 0 Å². The van der Waals surface area contributed by atoms with Gasteiger partial charge in [-0.2, -0.15) is 0 Å². The molecule has 0 aromatic heterocycles. The average Bonchev–Trinajstić information content (AvgIpc) is 2.35. The smallest absolute Gasteiger partial charge is 0.118 e. The molecule has 1 fully saturated rings. The fourth-order valence-corrected chi connectivity index (χ4v) is 2.45. The Morgan fingerprint density at radius 3 is 2.61 bits per heavy atom. The lowest BCUT2D eigenvalue weighted by Crippen LogP contribution is -2.60. The van der Waals surface area contributed by atoms with Crippen molar-refractivity contribution in [3.63, 3.8) is 0 Å². The highest BCUT2D eigenvalue weighted by molar-refractivity contribution is 5.27. The molecule has 18 heavy (non-hydrogen) atoms. The maximum absolute atomic E-state index is 5.19. The third kappa shape index (κ3) is 3.24. The standard InChI is InChI=1S/C15H24N2O/c1-12-9-16-15(2,3)11-17(12)10-13-5-7-14(18-4)8-6-13/h5-8,12,16H,9-11H2,1-4H3. The molecule has 1 aliphatic rings. The van der Waals surface area contributed by atoms with E-state index in [2.05, 4.69) is 43.1 Å². The number of piperazine rings is 1. The molecule has 0 aliphatic carbocycles. The molecular formula is C15H24N2O. The van der Waals surface area contributed by atoms with E-state index in [1.807, 2.05) is 12.1 Å². The van der Waals surface area contributed by atoms with Crippen molar-refractivity contribution in [3.05, 3.63) is 29.8 Å². The number of ether oxygens (including phenoxy) is 1. The minimum Gasteiger partial charge on any atom is -0.497 e. The number of hydrogen-bond acceptors (Lipinski definition) is 3. The Labute approximate surface area is 110 Å². The molecule has 2 rings (SSSR count). The minimum absolute atomic E-state index is 0.207. The molecule has 0 radical (unpaired) electrons. The second-order valence-electron chi connectivity index (χ2n) is 5.87. The van der Waals surface area contributed by atoms with Gasteiger partial charge in [-0.15, -0.1) is 0 Å². The summed E-state index contributed by atoms with van der Waals surface area (Å²) in [5, 5.41) is 3.58. The van der Waals surface area contributed by atoms with E-state index in [1.165, 1.54) is 5.56 Å². The molecule has 100 valence electrons. The van der Waals surface area contributed by atoms with Crippen LogP contribution < -0.4 is 10.1 Å². The Balaban J connectivity index is 2.02. The second-order valence-corrected chi connectivity index (χ2v) is 5.87. The monoisotopic (exact) mass is 248 g/mol. The normalized spacial score (nSPS) is 23.9. The van der Waals surface area contributed by atoms with Crippen LogP contribution in [0.25, 0.3) is 0 Å². The minimum atomic E-state index is 0.207. The van der Waals surface area contributed by atoms with Crippen molar-refractivity contribution in [2.24, 2.45) is 0 Å². The lowest BCUT2D eigenvalue weighted by molar-refractivity contribution is 0.0977. The van der Waals surface area contributed by atoms with Gasteiger partial charge in [-0.05, 0) is 38.5 Å². The molecule has 1 unspecified atom stereocenters. The van der Waals surface area contributed by atoms with Crippen LogP contribution in [0, 0.1) is 0 Å². The van der Waals surface area contributed by atoms with E-state index in [-0.39, 0.29) is 5.54 Å². The zero-order valence-electron chi connectivity index (χ0n) is 11.9. The zero-order valence-corrected chi connectivity index (χ0v) is 11.9. The number of nitrogens with one attached hydrogen (secondary N) is 1. The highest BCUT2D eigenvalue weighted by Gasteiger charge is 2.29. The molecule has 3 heteroatoms. The van der Waals surface area contributed by atoms with Gasteiger partial charge in [-0.1, -0.05) is 12.1 Å². The molecule has 0 spiro atoms. The van der Waals surface area contributed by atoms with Crippen LogP contribution in [0.3, 0.4) is 0 Å². The van der Waals surface area contributed by atoms with E-state index in [1.54, 1.807) is 7.11 Å². The van der Waals surface area contributed by atoms with Crippen LogP contribution >= 0.6 is 0 Å². The van der Waals surface area contributed by atoms with Gasteiger partial charge in [-0.3, -0.25) is 4.90 Å². The van der Waals surface area contributed by atoms with Gasteiger partial charge in [0.05, 0.1) is 7.11 Å². The van der Waals surface area contributed by atoms with Crippen molar-refractivity contribution in [2.75, 3.05) is 20.2 Å². The van der Waals surface area contributed by atoms with Gasteiger partial charge in [-0.25, -0.2) is 0 Å². The summed E-state index contributed by atoms with van der Waals surface area (Å²) in [6.45, 7) is 9.96. The Morgan fingerprint density at radius 1 is 1.33 bits per heavy atom. The van der Waals surface area contributed by atoms with Crippen LogP contribution in [0.5, 0.6) is 5.75 Å². The lowest BCUT2D eigenvalue weighted by Gasteiger charge is -2.43. The summed E-state index contributed by atoms with van der Waals surface area (Å²) in [5.41, 5.74) is 1.55. The molecule has 0 amide bonds. The molecule has 1 aliphatic heterocycles. The number of benzene rings is 1. The second kappa shape index (κ2) is 5.29. The summed E-state index contributed by atoms with van der Waals surface area (Å²) >= 11 is 0. The lowest BCUT2D eigenvalue weighted by atomic mass is 9.98. The maximum Gasteiger partial charge on any atom is 0.118 e. The van der Waals surface area contributed by atoms with Gasteiger partial charge in [0.1, 0.15) is 5.75 Å². The van der Waals surface area contributed by atoms with E-state index in [0.29, 0.717) is 6.04 Å². The molecule has 1 aromatic rings. The van der Waals surface area contributed by atoms with Crippen LogP contribution in [0.1, 0.15) is 26.3 Å². The first kappa shape index (κ1) is 13.4. The van der Waals surface area contributed by atoms with Crippen molar-refractivity contribution in [1.29, 1.82) is 0 Å². The van der Waals surface area contributed by atoms with E-state index < -0.39 is 0 Å². The zero-order chi connectivity index (χ0) is 13.2. The van der Waals surface area contributed by atoms with E-state index in [4.69, 9.17) is 4.74 Å². The summed E-state index contributed by atoms with van der Waals surface area (Å²) in [6, 6.07) is 8.96. The first-order chi connectivity index (χ1) is 8.50. The molecule has 1 heterocycles. The number of nitrogens with zero attached hydrogens (tertiary/aromatic N) is 1. The Kier molecular flexibility index (Phi) is 3.93. The van der Waals surface area contributed by atoms with Crippen LogP contribution in [0.4, 0.5) is 0 Å². The van der Waals surface area contributed by atoms with Crippen molar-refractivity contribution in [3.8, 4) is 5.75 Å². The van der Waals surface area contributed by atoms with Crippen molar-refractivity contribution in [1.82, 2.24) is 10.2 Å². The fraction of sp³-hybridized carbons (Fsp3) is 0.600. The molecule has 1 saturated heterocycles. The third-order valence-electron chi connectivity index (χ3n) is 3.64. The van der Waals surface area contributed by atoms with Gasteiger partial charge in [0.15, 0.2) is 0 Å². The summed E-state index contributed by atoms with van der Waals surface area (Å²) in [4.78, 5) is 2.54. The van der Waals surface area contributed by atoms with Gasteiger partial charge in [0, 0.05) is 31.2 Å². The predicted octanol–water partition coefficient (Wildman–Crippen LogP) is 2.27. The SMILES string of the molecule is COc1ccc(CN2CC(C)(C)NCC2C)cc1. The number of rotatable bonds is 3. The quantitative estimate of drug-likeness (QED) is 0.888. The molecule has 1 N–H and O–H groups in total. The van der Waals surface area contributed by atoms with E-state index in [0.717, 1.165) is 25.4 Å². The van der Waals surface area contributed by atoms with Crippen LogP contribution in [-0.2, 0) is 6.54 Å². The summed E-state index contributed by atoms with van der Waals surface area (Å²) < 4.78 is 5.19. The van der Waals surface area contributed by atoms with Crippen molar-refractivity contribution < 1.29 is 4.74 Å². The highest BCUT2D eigenvalue weighted by atomic mass is 16.5. The molecule has 0 bridgehead atoms. The Hall–Kier alpha value is -1.06. The van der Waals surface area contributed by atoms with Gasteiger partial charge >= 0.3 is 0 Å². The van der Waals surface area contributed by atoms with Gasteiger partial charge in [0.2, 0.25) is 0 Å². The van der Waals surface area contributed by atoms with Crippen molar-refractivity contribution in [2.45, 2.75) is 38.9 Å².